The Morgan fingerprint density at radius 3 is 2.70 bits per heavy atom. The molecule has 2 amide bonds. The molecule has 0 spiro atoms. The first-order valence-corrected chi connectivity index (χ1v) is 10.9. The molecule has 2 saturated heterocycles. The Labute approximate surface area is 179 Å². The number of piperidine rings is 1. The van der Waals surface area contributed by atoms with Crippen molar-refractivity contribution in [2.24, 2.45) is 0 Å². The van der Waals surface area contributed by atoms with Crippen LogP contribution in [0.3, 0.4) is 0 Å². The van der Waals surface area contributed by atoms with Crippen molar-refractivity contribution < 1.29 is 14.3 Å². The zero-order chi connectivity index (χ0) is 21.3. The summed E-state index contributed by atoms with van der Waals surface area (Å²) in [5, 5.41) is 8.84. The van der Waals surface area contributed by atoms with Gasteiger partial charge in [-0.1, -0.05) is 0 Å². The number of benzene rings is 1. The largest absolute Gasteiger partial charge is 0.494 e. The fraction of sp³-hybridized carbons (Fsp3) is 0.364. The number of fused-ring (bicyclic) bond motifs is 1. The van der Waals surface area contributed by atoms with Gasteiger partial charge in [-0.05, 0) is 68.3 Å². The number of carbonyl (C=O) groups excluding carboxylic acids is 2. The monoisotopic (exact) mass is 424 g/mol. The molecule has 3 heterocycles. The first kappa shape index (κ1) is 20.4. The van der Waals surface area contributed by atoms with E-state index in [9.17, 15) is 9.59 Å². The van der Waals surface area contributed by atoms with Crippen LogP contribution in [0.2, 0.25) is 0 Å². The molecule has 0 bridgehead atoms. The maximum atomic E-state index is 12.7. The van der Waals surface area contributed by atoms with Crippen LogP contribution >= 0.6 is 11.8 Å². The summed E-state index contributed by atoms with van der Waals surface area (Å²) in [5.74, 6) is 0.701. The lowest BCUT2D eigenvalue weighted by atomic mass is 10.1. The highest BCUT2D eigenvalue weighted by Gasteiger charge is 2.35. The molecule has 0 radical (unpaired) electrons. The van der Waals surface area contributed by atoms with E-state index in [4.69, 9.17) is 15.1 Å². The van der Waals surface area contributed by atoms with Crippen molar-refractivity contribution in [3.8, 4) is 5.75 Å². The highest BCUT2D eigenvalue weighted by Crippen LogP contribution is 2.35. The first-order chi connectivity index (χ1) is 14.5. The summed E-state index contributed by atoms with van der Waals surface area (Å²) < 4.78 is 5.62. The van der Waals surface area contributed by atoms with E-state index >= 15 is 0 Å². The number of anilines is 1. The zero-order valence-corrected chi connectivity index (χ0v) is 17.9. The number of ether oxygens (including phenoxy) is 1. The molecule has 0 saturated carbocycles. The molecule has 2 fully saturated rings. The predicted molar refractivity (Wildman–Crippen MR) is 120 cm³/mol. The molecule has 7 nitrogen and oxygen atoms in total. The Hall–Kier alpha value is -2.87. The second-order valence-electron chi connectivity index (χ2n) is 7.31. The molecular formula is C22H24N4O3S. The number of carbonyl (C=O) groups is 2. The van der Waals surface area contributed by atoms with Gasteiger partial charge < -0.3 is 9.64 Å². The molecule has 1 N–H and O–H groups in total. The fourth-order valence-electron chi connectivity index (χ4n) is 3.80. The van der Waals surface area contributed by atoms with Gasteiger partial charge in [0.2, 0.25) is 5.91 Å². The van der Waals surface area contributed by atoms with Gasteiger partial charge >= 0.3 is 0 Å². The van der Waals surface area contributed by atoms with Crippen molar-refractivity contribution in [3.05, 3.63) is 34.7 Å². The molecule has 30 heavy (non-hydrogen) atoms. The number of nitrogens with zero attached hydrogens (tertiary/aromatic N) is 3. The number of imide groups is 1. The Morgan fingerprint density at radius 2 is 2.03 bits per heavy atom. The van der Waals surface area contributed by atoms with E-state index in [1.807, 2.05) is 31.2 Å². The number of hydrogen-bond donors (Lipinski definition) is 1. The zero-order valence-electron chi connectivity index (χ0n) is 17.1. The minimum atomic E-state index is -0.453. The number of nitrogens with one attached hydrogen (secondary N) is 1. The lowest BCUT2D eigenvalue weighted by Gasteiger charge is -2.29. The van der Waals surface area contributed by atoms with Crippen molar-refractivity contribution in [1.29, 1.82) is 5.41 Å². The van der Waals surface area contributed by atoms with E-state index in [0.717, 1.165) is 70.6 Å². The lowest BCUT2D eigenvalue weighted by Crippen LogP contribution is -2.33. The normalized spacial score (nSPS) is 18.5. The minimum absolute atomic E-state index is 0.0642. The van der Waals surface area contributed by atoms with Crippen LogP contribution in [0.4, 0.5) is 5.82 Å². The summed E-state index contributed by atoms with van der Waals surface area (Å²) in [6.07, 6.45) is 5.18. The van der Waals surface area contributed by atoms with Gasteiger partial charge in [0.05, 0.1) is 17.0 Å². The molecule has 2 aromatic rings. The Morgan fingerprint density at radius 1 is 1.27 bits per heavy atom. The average Bonchev–Trinajstić information content (AvgIpc) is 3.01. The number of aromatic nitrogens is 1. The third-order valence-electron chi connectivity index (χ3n) is 5.19. The van der Waals surface area contributed by atoms with Gasteiger partial charge in [-0.3, -0.25) is 15.0 Å². The maximum Gasteiger partial charge on any atom is 0.273 e. The van der Waals surface area contributed by atoms with Crippen LogP contribution in [0, 0.1) is 5.41 Å². The first-order valence-electron chi connectivity index (χ1n) is 10.1. The minimum Gasteiger partial charge on any atom is -0.494 e. The molecule has 0 atom stereocenters. The molecule has 1 aromatic heterocycles. The maximum absolute atomic E-state index is 12.7. The average molecular weight is 425 g/mol. The second-order valence-corrected chi connectivity index (χ2v) is 8.34. The summed E-state index contributed by atoms with van der Waals surface area (Å²) in [4.78, 5) is 32.8. The van der Waals surface area contributed by atoms with Crippen molar-refractivity contribution in [1.82, 2.24) is 9.88 Å². The third-order valence-corrected chi connectivity index (χ3v) is 6.07. The summed E-state index contributed by atoms with van der Waals surface area (Å²) in [5.41, 5.74) is 1.68. The van der Waals surface area contributed by atoms with Crippen molar-refractivity contribution in [2.75, 3.05) is 24.6 Å². The highest BCUT2D eigenvalue weighted by molar-refractivity contribution is 8.18. The van der Waals surface area contributed by atoms with E-state index in [1.54, 1.807) is 6.08 Å². The molecular weight excluding hydrogens is 400 g/mol. The quantitative estimate of drug-likeness (QED) is 0.746. The fourth-order valence-corrected chi connectivity index (χ4v) is 4.67. The van der Waals surface area contributed by atoms with Crippen LogP contribution < -0.4 is 9.64 Å². The van der Waals surface area contributed by atoms with E-state index in [1.165, 1.54) is 13.3 Å². The van der Waals surface area contributed by atoms with Crippen LogP contribution in [0.1, 0.15) is 38.7 Å². The Bertz CT molecular complexity index is 1060. The molecule has 8 heteroatoms. The van der Waals surface area contributed by atoms with Gasteiger partial charge in [-0.2, -0.15) is 0 Å². The number of hydrogen-bond acceptors (Lipinski definition) is 7. The predicted octanol–water partition coefficient (Wildman–Crippen LogP) is 4.02. The second kappa shape index (κ2) is 8.47. The molecule has 2 aliphatic heterocycles. The van der Waals surface area contributed by atoms with Crippen LogP contribution in [0.15, 0.2) is 29.2 Å². The Kier molecular flexibility index (Phi) is 5.76. The molecule has 0 unspecified atom stereocenters. The van der Waals surface area contributed by atoms with Gasteiger partial charge in [0, 0.05) is 31.0 Å². The highest BCUT2D eigenvalue weighted by atomic mass is 32.2. The lowest BCUT2D eigenvalue weighted by molar-refractivity contribution is -0.135. The number of rotatable bonds is 4. The van der Waals surface area contributed by atoms with E-state index in [0.29, 0.717) is 11.5 Å². The van der Waals surface area contributed by atoms with Gasteiger partial charge in [-0.25, -0.2) is 9.88 Å². The number of amides is 2. The number of amidine groups is 1. The van der Waals surface area contributed by atoms with E-state index < -0.39 is 11.8 Å². The van der Waals surface area contributed by atoms with Crippen molar-refractivity contribution in [2.45, 2.75) is 33.1 Å². The summed E-state index contributed by atoms with van der Waals surface area (Å²) in [7, 11) is 0. The summed E-state index contributed by atoms with van der Waals surface area (Å²) in [6.45, 7) is 5.65. The van der Waals surface area contributed by atoms with Gasteiger partial charge in [0.15, 0.2) is 5.17 Å². The standard InChI is InChI=1S/C22H24N4O3S/c1-3-29-17-7-8-18-15(12-17)11-16(20(24-18)25-9-5-4-6-10-25)13-19-21(28)26(14(2)27)22(23)30-19/h7-8,11-13,23H,3-6,9-10H2,1-2H3/b19-13+,23-22?. The number of pyridine rings is 1. The van der Waals surface area contributed by atoms with Gasteiger partial charge in [0.1, 0.15) is 11.6 Å². The van der Waals surface area contributed by atoms with Crippen LogP contribution in [0.5, 0.6) is 5.75 Å². The molecule has 156 valence electrons. The van der Waals surface area contributed by atoms with Crippen LogP contribution in [0.25, 0.3) is 17.0 Å². The SMILES string of the molecule is CCOc1ccc2nc(N3CCCCC3)c(/C=C3/SC(=N)N(C(C)=O)C3=O)cc2c1. The summed E-state index contributed by atoms with van der Waals surface area (Å²) >= 11 is 1.01. The third kappa shape index (κ3) is 3.92. The summed E-state index contributed by atoms with van der Waals surface area (Å²) in [6, 6.07) is 7.82. The van der Waals surface area contributed by atoms with Crippen LogP contribution in [-0.2, 0) is 9.59 Å². The molecule has 4 rings (SSSR count). The molecule has 1 aromatic carbocycles. The van der Waals surface area contributed by atoms with Gasteiger partial charge in [0.25, 0.3) is 5.91 Å². The van der Waals surface area contributed by atoms with E-state index in [-0.39, 0.29) is 5.17 Å². The van der Waals surface area contributed by atoms with Crippen molar-refractivity contribution in [3.63, 3.8) is 0 Å². The number of thioether (sulfide) groups is 1. The topological polar surface area (TPSA) is 86.6 Å². The Balaban J connectivity index is 1.82. The molecule has 0 aliphatic carbocycles. The smallest absolute Gasteiger partial charge is 0.273 e. The van der Waals surface area contributed by atoms with Gasteiger partial charge in [-0.15, -0.1) is 0 Å². The van der Waals surface area contributed by atoms with E-state index in [2.05, 4.69) is 4.90 Å². The van der Waals surface area contributed by atoms with Crippen LogP contribution in [-0.4, -0.2) is 46.6 Å². The molecule has 2 aliphatic rings. The van der Waals surface area contributed by atoms with Crippen molar-refractivity contribution >= 4 is 51.5 Å².